The van der Waals surface area contributed by atoms with Crippen LogP contribution in [0.2, 0.25) is 0 Å². The molecule has 10 heteroatoms. The molecule has 2 aromatic rings. The quantitative estimate of drug-likeness (QED) is 0.516. The first-order valence-electron chi connectivity index (χ1n) is 10.3. The summed E-state index contributed by atoms with van der Waals surface area (Å²) in [5, 5.41) is 11.6. The van der Waals surface area contributed by atoms with Gasteiger partial charge in [0.25, 0.3) is 5.69 Å². The van der Waals surface area contributed by atoms with E-state index in [-0.39, 0.29) is 36.8 Å². The Balaban J connectivity index is 1.57. The van der Waals surface area contributed by atoms with E-state index in [0.717, 1.165) is 37.6 Å². The first kappa shape index (κ1) is 21.5. The minimum atomic E-state index is -3.63. The van der Waals surface area contributed by atoms with Gasteiger partial charge in [-0.05, 0) is 38.0 Å². The maximum atomic E-state index is 14.6. The second kappa shape index (κ2) is 8.43. The third-order valence-corrected chi connectivity index (χ3v) is 7.84. The highest BCUT2D eigenvalue weighted by Crippen LogP contribution is 2.37. The Morgan fingerprint density at radius 2 is 1.48 bits per heavy atom. The molecule has 2 aliphatic rings. The summed E-state index contributed by atoms with van der Waals surface area (Å²) in [5.41, 5.74) is 1.38. The lowest BCUT2D eigenvalue weighted by Gasteiger charge is -2.35. The number of halogens is 1. The molecule has 0 atom stereocenters. The lowest BCUT2D eigenvalue weighted by molar-refractivity contribution is -0.384. The van der Waals surface area contributed by atoms with Crippen molar-refractivity contribution in [2.75, 3.05) is 49.1 Å². The van der Waals surface area contributed by atoms with Crippen molar-refractivity contribution in [2.45, 2.75) is 24.7 Å². The van der Waals surface area contributed by atoms with Gasteiger partial charge in [-0.15, -0.1) is 0 Å². The molecule has 0 spiro atoms. The van der Waals surface area contributed by atoms with Crippen molar-refractivity contribution >= 4 is 27.1 Å². The SMILES string of the molecule is Cc1ccc(S(=O)(=O)N2CCN(c3cc(N4CCCC4)c(F)cc3[N+](=O)[O-])CC2)cc1. The van der Waals surface area contributed by atoms with Crippen LogP contribution < -0.4 is 9.80 Å². The maximum absolute atomic E-state index is 14.6. The number of nitro groups is 1. The molecule has 0 bridgehead atoms. The van der Waals surface area contributed by atoms with E-state index >= 15 is 0 Å². The molecule has 0 amide bonds. The second-order valence-electron chi connectivity index (χ2n) is 7.95. The molecule has 2 saturated heterocycles. The fourth-order valence-electron chi connectivity index (χ4n) is 4.17. The van der Waals surface area contributed by atoms with Gasteiger partial charge in [-0.2, -0.15) is 4.31 Å². The van der Waals surface area contributed by atoms with Crippen molar-refractivity contribution < 1.29 is 17.7 Å². The first-order valence-corrected chi connectivity index (χ1v) is 11.8. The summed E-state index contributed by atoms with van der Waals surface area (Å²) in [6, 6.07) is 9.21. The van der Waals surface area contributed by atoms with E-state index < -0.39 is 20.8 Å². The fourth-order valence-corrected chi connectivity index (χ4v) is 5.59. The predicted octanol–water partition coefficient (Wildman–Crippen LogP) is 3.15. The van der Waals surface area contributed by atoms with Gasteiger partial charge in [0.1, 0.15) is 5.69 Å². The number of hydrogen-bond donors (Lipinski definition) is 0. The van der Waals surface area contributed by atoms with Crippen molar-refractivity contribution in [2.24, 2.45) is 0 Å². The van der Waals surface area contributed by atoms with E-state index in [1.54, 1.807) is 35.2 Å². The molecule has 0 aliphatic carbocycles. The molecule has 0 radical (unpaired) electrons. The molecule has 31 heavy (non-hydrogen) atoms. The Labute approximate surface area is 181 Å². The topological polar surface area (TPSA) is 87.0 Å². The summed E-state index contributed by atoms with van der Waals surface area (Å²) in [5.74, 6) is -0.599. The smallest absolute Gasteiger partial charge is 0.295 e. The first-order chi connectivity index (χ1) is 14.8. The largest absolute Gasteiger partial charge is 0.369 e. The summed E-state index contributed by atoms with van der Waals surface area (Å²) < 4.78 is 41.9. The lowest BCUT2D eigenvalue weighted by Crippen LogP contribution is -2.48. The van der Waals surface area contributed by atoms with Gasteiger partial charge in [-0.1, -0.05) is 17.7 Å². The van der Waals surface area contributed by atoms with E-state index in [0.29, 0.717) is 11.4 Å². The third kappa shape index (κ3) is 4.22. The van der Waals surface area contributed by atoms with Gasteiger partial charge < -0.3 is 9.80 Å². The van der Waals surface area contributed by atoms with Crippen LogP contribution in [0.5, 0.6) is 0 Å². The molecule has 4 rings (SSSR count). The van der Waals surface area contributed by atoms with Crippen LogP contribution in [0, 0.1) is 22.9 Å². The van der Waals surface area contributed by atoms with Crippen molar-refractivity contribution in [3.63, 3.8) is 0 Å². The number of anilines is 2. The number of sulfonamides is 1. The maximum Gasteiger partial charge on any atom is 0.295 e. The highest BCUT2D eigenvalue weighted by molar-refractivity contribution is 7.89. The average molecular weight is 449 g/mol. The molecule has 2 aliphatic heterocycles. The Morgan fingerprint density at radius 3 is 2.06 bits per heavy atom. The monoisotopic (exact) mass is 448 g/mol. The summed E-state index contributed by atoms with van der Waals surface area (Å²) in [7, 11) is -3.63. The van der Waals surface area contributed by atoms with E-state index in [4.69, 9.17) is 0 Å². The van der Waals surface area contributed by atoms with Crippen molar-refractivity contribution in [3.05, 3.63) is 57.9 Å². The summed E-state index contributed by atoms with van der Waals surface area (Å²) in [4.78, 5) is 14.9. The van der Waals surface area contributed by atoms with Gasteiger partial charge in [-0.3, -0.25) is 10.1 Å². The van der Waals surface area contributed by atoms with Crippen LogP contribution in [0.25, 0.3) is 0 Å². The highest BCUT2D eigenvalue weighted by atomic mass is 32.2. The molecule has 2 fully saturated rings. The molecule has 8 nitrogen and oxygen atoms in total. The molecule has 2 aromatic carbocycles. The molecular weight excluding hydrogens is 423 g/mol. The van der Waals surface area contributed by atoms with Gasteiger partial charge in [0.05, 0.1) is 21.6 Å². The summed E-state index contributed by atoms with van der Waals surface area (Å²) >= 11 is 0. The molecule has 166 valence electrons. The van der Waals surface area contributed by atoms with Gasteiger partial charge in [-0.25, -0.2) is 12.8 Å². The number of piperazine rings is 1. The van der Waals surface area contributed by atoms with Crippen LogP contribution in [0.4, 0.5) is 21.5 Å². The molecule has 0 aromatic heterocycles. The zero-order valence-corrected chi connectivity index (χ0v) is 18.1. The molecular formula is C21H25FN4O4S. The number of nitro benzene ring substituents is 1. The Kier molecular flexibility index (Phi) is 5.85. The second-order valence-corrected chi connectivity index (χ2v) is 9.89. The van der Waals surface area contributed by atoms with Crippen LogP contribution in [0.15, 0.2) is 41.3 Å². The van der Waals surface area contributed by atoms with Crippen LogP contribution in [-0.4, -0.2) is 56.9 Å². The predicted molar refractivity (Wildman–Crippen MR) is 117 cm³/mol. The Bertz CT molecular complexity index is 1080. The zero-order chi connectivity index (χ0) is 22.2. The fraction of sp³-hybridized carbons (Fsp3) is 0.429. The lowest BCUT2D eigenvalue weighted by atomic mass is 10.1. The normalized spacial score (nSPS) is 17.9. The van der Waals surface area contributed by atoms with Crippen LogP contribution >= 0.6 is 0 Å². The number of aryl methyl sites for hydroxylation is 1. The summed E-state index contributed by atoms with van der Waals surface area (Å²) in [6.07, 6.45) is 1.92. The number of benzene rings is 2. The van der Waals surface area contributed by atoms with Gasteiger partial charge in [0.2, 0.25) is 10.0 Å². The highest BCUT2D eigenvalue weighted by Gasteiger charge is 2.32. The van der Waals surface area contributed by atoms with Crippen LogP contribution in [0.1, 0.15) is 18.4 Å². The van der Waals surface area contributed by atoms with E-state index in [2.05, 4.69) is 0 Å². The van der Waals surface area contributed by atoms with Crippen molar-refractivity contribution in [1.29, 1.82) is 0 Å². The van der Waals surface area contributed by atoms with Crippen molar-refractivity contribution in [1.82, 2.24) is 4.31 Å². The number of rotatable bonds is 5. The van der Waals surface area contributed by atoms with Crippen molar-refractivity contribution in [3.8, 4) is 0 Å². The average Bonchev–Trinajstić information content (AvgIpc) is 3.28. The van der Waals surface area contributed by atoms with Crippen LogP contribution in [-0.2, 0) is 10.0 Å². The third-order valence-electron chi connectivity index (χ3n) is 5.93. The number of hydrogen-bond acceptors (Lipinski definition) is 6. The Hall–Kier alpha value is -2.72. The Morgan fingerprint density at radius 1 is 0.903 bits per heavy atom. The van der Waals surface area contributed by atoms with E-state index in [1.807, 2.05) is 11.8 Å². The standard InChI is InChI=1S/C21H25FN4O4S/c1-16-4-6-17(7-5-16)31(29,30)25-12-10-24(11-13-25)20-15-19(23-8-2-3-9-23)18(22)14-21(20)26(27)28/h4-7,14-15H,2-3,8-13H2,1H3. The molecule has 2 heterocycles. The molecule has 0 unspecified atom stereocenters. The molecule has 0 N–H and O–H groups in total. The summed E-state index contributed by atoms with van der Waals surface area (Å²) in [6.45, 7) is 4.30. The molecule has 0 saturated carbocycles. The van der Waals surface area contributed by atoms with Gasteiger partial charge >= 0.3 is 0 Å². The van der Waals surface area contributed by atoms with E-state index in [1.165, 1.54) is 4.31 Å². The number of nitrogens with zero attached hydrogens (tertiary/aromatic N) is 4. The van der Waals surface area contributed by atoms with E-state index in [9.17, 15) is 22.9 Å². The van der Waals surface area contributed by atoms with Gasteiger partial charge in [0.15, 0.2) is 5.82 Å². The van der Waals surface area contributed by atoms with Gasteiger partial charge in [0, 0.05) is 39.3 Å². The van der Waals surface area contributed by atoms with Crippen LogP contribution in [0.3, 0.4) is 0 Å². The minimum absolute atomic E-state index is 0.198. The zero-order valence-electron chi connectivity index (χ0n) is 17.3. The minimum Gasteiger partial charge on any atom is -0.369 e.